The van der Waals surface area contributed by atoms with Gasteiger partial charge in [-0.3, -0.25) is 9.59 Å². The van der Waals surface area contributed by atoms with Crippen molar-refractivity contribution in [2.24, 2.45) is 5.92 Å². The van der Waals surface area contributed by atoms with Gasteiger partial charge < -0.3 is 14.4 Å². The first-order valence-corrected chi connectivity index (χ1v) is 10.6. The summed E-state index contributed by atoms with van der Waals surface area (Å²) in [5, 5.41) is 1.96. The second-order valence-corrected chi connectivity index (χ2v) is 8.13. The van der Waals surface area contributed by atoms with Crippen molar-refractivity contribution in [1.29, 1.82) is 0 Å². The molecule has 1 aromatic carbocycles. The number of carbonyl (C=O) groups excluding carboxylic acids is 2. The normalized spacial score (nSPS) is 16.7. The minimum atomic E-state index is -0.218. The van der Waals surface area contributed by atoms with E-state index in [2.05, 4.69) is 13.0 Å². The van der Waals surface area contributed by atoms with Crippen LogP contribution in [0.1, 0.15) is 46.1 Å². The summed E-state index contributed by atoms with van der Waals surface area (Å²) in [7, 11) is 0. The van der Waals surface area contributed by atoms with Gasteiger partial charge in [0.05, 0.1) is 17.4 Å². The molecule has 2 aromatic rings. The molecule has 0 saturated carbocycles. The Morgan fingerprint density at radius 3 is 2.82 bits per heavy atom. The van der Waals surface area contributed by atoms with Crippen molar-refractivity contribution in [2.75, 3.05) is 19.7 Å². The number of nitrogens with zero attached hydrogens (tertiary/aromatic N) is 1. The molecule has 1 aliphatic rings. The van der Waals surface area contributed by atoms with Gasteiger partial charge in [0, 0.05) is 18.7 Å². The highest BCUT2D eigenvalue weighted by Crippen LogP contribution is 2.25. The monoisotopic (exact) mass is 401 g/mol. The molecule has 150 valence electrons. The Kier molecular flexibility index (Phi) is 6.73. The van der Waals surface area contributed by atoms with E-state index >= 15 is 0 Å². The van der Waals surface area contributed by atoms with Gasteiger partial charge in [-0.25, -0.2) is 0 Å². The van der Waals surface area contributed by atoms with Crippen molar-refractivity contribution in [1.82, 2.24) is 4.90 Å². The summed E-state index contributed by atoms with van der Waals surface area (Å²) in [6.45, 7) is 7.81. The molecule has 0 radical (unpaired) electrons. The highest BCUT2D eigenvalue weighted by molar-refractivity contribution is 7.12. The molecule has 0 bridgehead atoms. The summed E-state index contributed by atoms with van der Waals surface area (Å²) in [4.78, 5) is 27.3. The van der Waals surface area contributed by atoms with Crippen LogP contribution in [0.15, 0.2) is 29.6 Å². The van der Waals surface area contributed by atoms with Crippen molar-refractivity contribution in [3.8, 4) is 5.75 Å². The Bertz CT molecular complexity index is 845. The Balaban J connectivity index is 1.59. The average molecular weight is 402 g/mol. The van der Waals surface area contributed by atoms with Crippen LogP contribution in [0, 0.1) is 19.8 Å². The van der Waals surface area contributed by atoms with Gasteiger partial charge in [-0.05, 0) is 56.7 Å². The first-order chi connectivity index (χ1) is 13.5. The van der Waals surface area contributed by atoms with Crippen molar-refractivity contribution in [3.05, 3.63) is 51.2 Å². The van der Waals surface area contributed by atoms with Crippen LogP contribution in [-0.2, 0) is 16.1 Å². The topological polar surface area (TPSA) is 55.8 Å². The maximum atomic E-state index is 12.8. The number of ether oxygens (including phenoxy) is 2. The van der Waals surface area contributed by atoms with E-state index in [-0.39, 0.29) is 17.8 Å². The number of rotatable bonds is 6. The number of thiophene rings is 1. The first-order valence-electron chi connectivity index (χ1n) is 9.71. The maximum Gasteiger partial charge on any atom is 0.310 e. The number of hydrogen-bond donors (Lipinski definition) is 0. The van der Waals surface area contributed by atoms with Crippen molar-refractivity contribution in [3.63, 3.8) is 0 Å². The SMILES string of the molecule is CCOC(=O)C1CCCN(C(=O)c2cc(COc3ccc(C)cc3C)cs2)C1. The molecular formula is C22H27NO4S. The second kappa shape index (κ2) is 9.24. The Morgan fingerprint density at radius 2 is 2.07 bits per heavy atom. The summed E-state index contributed by atoms with van der Waals surface area (Å²) in [5.74, 6) is 0.424. The van der Waals surface area contributed by atoms with Crippen molar-refractivity contribution < 1.29 is 19.1 Å². The quantitative estimate of drug-likeness (QED) is 0.675. The molecule has 6 heteroatoms. The van der Waals surface area contributed by atoms with Gasteiger partial charge in [-0.1, -0.05) is 17.7 Å². The maximum absolute atomic E-state index is 12.8. The largest absolute Gasteiger partial charge is 0.489 e. The number of amides is 1. The Hall–Kier alpha value is -2.34. The number of benzene rings is 1. The number of piperidine rings is 1. The van der Waals surface area contributed by atoms with Crippen LogP contribution in [0.2, 0.25) is 0 Å². The zero-order valence-corrected chi connectivity index (χ0v) is 17.5. The number of aryl methyl sites for hydroxylation is 2. The molecule has 1 fully saturated rings. The molecule has 5 nitrogen and oxygen atoms in total. The Morgan fingerprint density at radius 1 is 1.25 bits per heavy atom. The van der Waals surface area contributed by atoms with Crippen LogP contribution in [0.25, 0.3) is 0 Å². The van der Waals surface area contributed by atoms with Crippen LogP contribution in [0.5, 0.6) is 5.75 Å². The average Bonchev–Trinajstić information content (AvgIpc) is 3.16. The molecule has 1 atom stereocenters. The zero-order chi connectivity index (χ0) is 20.1. The lowest BCUT2D eigenvalue weighted by molar-refractivity contribution is -0.149. The van der Waals surface area contributed by atoms with Crippen LogP contribution in [0.4, 0.5) is 0 Å². The number of carbonyl (C=O) groups is 2. The second-order valence-electron chi connectivity index (χ2n) is 7.22. The fraction of sp³-hybridized carbons (Fsp3) is 0.455. The fourth-order valence-electron chi connectivity index (χ4n) is 3.46. The van der Waals surface area contributed by atoms with E-state index < -0.39 is 0 Å². The molecule has 3 rings (SSSR count). The predicted octanol–water partition coefficient (Wildman–Crippen LogP) is 4.36. The van der Waals surface area contributed by atoms with Gasteiger partial charge in [0.2, 0.25) is 0 Å². The molecule has 1 aliphatic heterocycles. The molecule has 0 N–H and O–H groups in total. The van der Waals surface area contributed by atoms with Gasteiger partial charge in [0.25, 0.3) is 5.91 Å². The van der Waals surface area contributed by atoms with Gasteiger partial charge in [-0.2, -0.15) is 0 Å². The van der Waals surface area contributed by atoms with Crippen molar-refractivity contribution >= 4 is 23.2 Å². The summed E-state index contributed by atoms with van der Waals surface area (Å²) >= 11 is 1.43. The lowest BCUT2D eigenvalue weighted by Gasteiger charge is -2.31. The lowest BCUT2D eigenvalue weighted by atomic mass is 9.98. The van der Waals surface area contributed by atoms with E-state index in [0.29, 0.717) is 31.2 Å². The summed E-state index contributed by atoms with van der Waals surface area (Å²) in [6, 6.07) is 7.99. The molecule has 0 spiro atoms. The van der Waals surface area contributed by atoms with Crippen molar-refractivity contribution in [2.45, 2.75) is 40.2 Å². The minimum absolute atomic E-state index is 0.0169. The van der Waals surface area contributed by atoms with Crippen LogP contribution in [-0.4, -0.2) is 36.5 Å². The van der Waals surface area contributed by atoms with E-state index in [0.717, 1.165) is 29.7 Å². The van der Waals surface area contributed by atoms with E-state index in [4.69, 9.17) is 9.47 Å². The van der Waals surface area contributed by atoms with Gasteiger partial charge in [-0.15, -0.1) is 11.3 Å². The molecule has 2 heterocycles. The summed E-state index contributed by atoms with van der Waals surface area (Å²) in [5.41, 5.74) is 3.29. The third-order valence-electron chi connectivity index (χ3n) is 4.92. The molecule has 1 saturated heterocycles. The molecule has 28 heavy (non-hydrogen) atoms. The first kappa shape index (κ1) is 20.4. The smallest absolute Gasteiger partial charge is 0.310 e. The summed E-state index contributed by atoms with van der Waals surface area (Å²) < 4.78 is 11.0. The van der Waals surface area contributed by atoms with Crippen LogP contribution < -0.4 is 4.74 Å². The van der Waals surface area contributed by atoms with Gasteiger partial charge >= 0.3 is 5.97 Å². The van der Waals surface area contributed by atoms with E-state index in [1.165, 1.54) is 16.9 Å². The highest BCUT2D eigenvalue weighted by atomic mass is 32.1. The van der Waals surface area contributed by atoms with E-state index in [1.807, 2.05) is 30.5 Å². The van der Waals surface area contributed by atoms with Crippen LogP contribution in [0.3, 0.4) is 0 Å². The standard InChI is InChI=1S/C22H27NO4S/c1-4-26-22(25)18-6-5-9-23(12-18)21(24)20-11-17(14-28-20)13-27-19-8-7-15(2)10-16(19)3/h7-8,10-11,14,18H,4-6,9,12-13H2,1-3H3. The predicted molar refractivity (Wildman–Crippen MR) is 110 cm³/mol. The number of hydrogen-bond acceptors (Lipinski definition) is 5. The number of esters is 1. The molecule has 0 aliphatic carbocycles. The van der Waals surface area contributed by atoms with Gasteiger partial charge in [0.15, 0.2) is 0 Å². The molecule has 1 amide bonds. The fourth-order valence-corrected chi connectivity index (χ4v) is 4.32. The highest BCUT2D eigenvalue weighted by Gasteiger charge is 2.30. The minimum Gasteiger partial charge on any atom is -0.489 e. The van der Waals surface area contributed by atoms with Gasteiger partial charge in [0.1, 0.15) is 12.4 Å². The lowest BCUT2D eigenvalue weighted by Crippen LogP contribution is -2.42. The molecule has 1 unspecified atom stereocenters. The Labute approximate surface area is 170 Å². The third kappa shape index (κ3) is 4.93. The molecule has 1 aromatic heterocycles. The third-order valence-corrected chi connectivity index (χ3v) is 5.88. The summed E-state index contributed by atoms with van der Waals surface area (Å²) in [6.07, 6.45) is 1.60. The number of likely N-dealkylation sites (tertiary alicyclic amines) is 1. The van der Waals surface area contributed by atoms with E-state index in [1.54, 1.807) is 11.8 Å². The molecular weight excluding hydrogens is 374 g/mol. The zero-order valence-electron chi connectivity index (χ0n) is 16.7. The van der Waals surface area contributed by atoms with Crippen LogP contribution >= 0.6 is 11.3 Å². The van der Waals surface area contributed by atoms with E-state index in [9.17, 15) is 9.59 Å².